The third kappa shape index (κ3) is 3.90. The molecule has 1 aromatic carbocycles. The van der Waals surface area contributed by atoms with Crippen molar-refractivity contribution in [2.75, 3.05) is 11.9 Å². The molecule has 1 aliphatic heterocycles. The smallest absolute Gasteiger partial charge is 0.283 e. The maximum Gasteiger partial charge on any atom is 0.283 e. The van der Waals surface area contributed by atoms with Gasteiger partial charge < -0.3 is 15.8 Å². The zero-order valence-electron chi connectivity index (χ0n) is 14.5. The molecule has 10 heteroatoms. The van der Waals surface area contributed by atoms with Crippen LogP contribution in [0.2, 0.25) is 0 Å². The number of benzene rings is 1. The van der Waals surface area contributed by atoms with Crippen LogP contribution < -0.4 is 11.1 Å². The normalized spacial score (nSPS) is 19.5. The maximum absolute atomic E-state index is 14.5. The molecule has 1 amide bonds. The van der Waals surface area contributed by atoms with Crippen LogP contribution in [-0.2, 0) is 10.3 Å². The highest BCUT2D eigenvalue weighted by atomic mass is 19.3. The molecular formula is C18H16F4N4O2. The minimum atomic E-state index is -3.06. The summed E-state index contributed by atoms with van der Waals surface area (Å²) >= 11 is 0. The van der Waals surface area contributed by atoms with Crippen LogP contribution in [0.15, 0.2) is 41.5 Å². The predicted octanol–water partition coefficient (Wildman–Crippen LogP) is 3.20. The fourth-order valence-electron chi connectivity index (χ4n) is 2.91. The van der Waals surface area contributed by atoms with Gasteiger partial charge in [0.25, 0.3) is 18.4 Å². The van der Waals surface area contributed by atoms with E-state index >= 15 is 0 Å². The molecule has 0 saturated carbocycles. The first-order valence-electron chi connectivity index (χ1n) is 8.31. The Morgan fingerprint density at radius 2 is 2.04 bits per heavy atom. The van der Waals surface area contributed by atoms with Crippen molar-refractivity contribution in [1.82, 2.24) is 4.98 Å². The number of ether oxygens (including phenoxy) is 1. The molecule has 0 fully saturated rings. The number of anilines is 1. The van der Waals surface area contributed by atoms with Gasteiger partial charge in [0.15, 0.2) is 5.54 Å². The molecule has 3 N–H and O–H groups in total. The number of pyridine rings is 1. The molecule has 0 aliphatic carbocycles. The number of aliphatic imine (C=N–C) groups is 1. The summed E-state index contributed by atoms with van der Waals surface area (Å²) in [6.07, 6.45) is -2.21. The largest absolute Gasteiger partial charge is 0.465 e. The lowest BCUT2D eigenvalue weighted by molar-refractivity contribution is 0.0460. The minimum Gasteiger partial charge on any atom is -0.465 e. The van der Waals surface area contributed by atoms with Crippen molar-refractivity contribution < 1.29 is 27.1 Å². The average Bonchev–Trinajstić information content (AvgIpc) is 2.86. The number of amidine groups is 1. The molecule has 1 atom stereocenters. The Balaban J connectivity index is 1.97. The van der Waals surface area contributed by atoms with Gasteiger partial charge in [-0.05, 0) is 43.2 Å². The topological polar surface area (TPSA) is 89.6 Å². The highest BCUT2D eigenvalue weighted by Crippen LogP contribution is 2.41. The van der Waals surface area contributed by atoms with E-state index in [4.69, 9.17) is 10.5 Å². The number of nitrogens with two attached hydrogens (primary N) is 1. The van der Waals surface area contributed by atoms with Gasteiger partial charge in [0.05, 0.1) is 12.8 Å². The van der Waals surface area contributed by atoms with Crippen LogP contribution >= 0.6 is 0 Å². The van der Waals surface area contributed by atoms with Crippen LogP contribution in [0.25, 0.3) is 0 Å². The van der Waals surface area contributed by atoms with Crippen molar-refractivity contribution in [3.05, 3.63) is 59.4 Å². The van der Waals surface area contributed by atoms with Gasteiger partial charge in [-0.15, -0.1) is 0 Å². The molecule has 0 spiro atoms. The Bertz CT molecular complexity index is 905. The number of nitrogens with zero attached hydrogens (tertiary/aromatic N) is 2. The fraction of sp³-hybridized carbons (Fsp3) is 0.278. The number of hydrogen-bond acceptors (Lipinski definition) is 5. The average molecular weight is 396 g/mol. The molecule has 1 aromatic heterocycles. The molecule has 3 rings (SSSR count). The van der Waals surface area contributed by atoms with Crippen molar-refractivity contribution in [3.8, 4) is 0 Å². The van der Waals surface area contributed by atoms with Crippen LogP contribution in [0, 0.1) is 11.6 Å². The second-order valence-corrected chi connectivity index (χ2v) is 6.14. The number of aromatic nitrogens is 1. The van der Waals surface area contributed by atoms with E-state index in [-0.39, 0.29) is 30.8 Å². The van der Waals surface area contributed by atoms with Gasteiger partial charge >= 0.3 is 0 Å². The summed E-state index contributed by atoms with van der Waals surface area (Å²) in [6.45, 7) is 0.0814. The van der Waals surface area contributed by atoms with E-state index in [9.17, 15) is 22.4 Å². The summed E-state index contributed by atoms with van der Waals surface area (Å²) in [4.78, 5) is 19.6. The van der Waals surface area contributed by atoms with E-state index in [0.29, 0.717) is 0 Å². The minimum absolute atomic E-state index is 0.0477. The Kier molecular flexibility index (Phi) is 5.48. The van der Waals surface area contributed by atoms with E-state index in [1.165, 1.54) is 6.07 Å². The highest BCUT2D eigenvalue weighted by Gasteiger charge is 2.45. The van der Waals surface area contributed by atoms with Gasteiger partial charge in [-0.3, -0.25) is 4.79 Å². The monoisotopic (exact) mass is 396 g/mol. The molecule has 148 valence electrons. The lowest BCUT2D eigenvalue weighted by atomic mass is 9.85. The first kappa shape index (κ1) is 19.6. The van der Waals surface area contributed by atoms with Crippen LogP contribution in [0.1, 0.15) is 28.9 Å². The first-order chi connectivity index (χ1) is 13.3. The third-order valence-corrected chi connectivity index (χ3v) is 4.27. The number of alkyl halides is 2. The molecule has 6 nitrogen and oxygen atoms in total. The summed E-state index contributed by atoms with van der Waals surface area (Å²) in [5.74, 6) is -2.25. The maximum atomic E-state index is 14.5. The van der Waals surface area contributed by atoms with Gasteiger partial charge in [-0.25, -0.2) is 27.5 Å². The van der Waals surface area contributed by atoms with Gasteiger partial charge in [0, 0.05) is 11.3 Å². The quantitative estimate of drug-likeness (QED) is 0.777. The number of halogens is 4. The second-order valence-electron chi connectivity index (χ2n) is 6.14. The van der Waals surface area contributed by atoms with Gasteiger partial charge in [-0.2, -0.15) is 0 Å². The van der Waals surface area contributed by atoms with E-state index in [1.807, 2.05) is 0 Å². The number of carbonyl (C=O) groups is 1. The lowest BCUT2D eigenvalue weighted by Gasteiger charge is -2.29. The van der Waals surface area contributed by atoms with E-state index < -0.39 is 41.1 Å². The second kappa shape index (κ2) is 7.83. The Hall–Kier alpha value is -3.17. The Morgan fingerprint density at radius 1 is 1.25 bits per heavy atom. The van der Waals surface area contributed by atoms with Crippen molar-refractivity contribution in [3.63, 3.8) is 0 Å². The zero-order chi connectivity index (χ0) is 20.3. The molecule has 1 aliphatic rings. The predicted molar refractivity (Wildman–Crippen MR) is 93.0 cm³/mol. The standard InChI is InChI=1S/C18H16F4N4O2/c19-10-2-5-14(24-9-10)15(27)25-11-3-4-13(20)12(8-11)18(16(21)22)6-1-7-28-17(23)26-18/h2-5,8-9,16H,1,6-7H2,(H2,23,26)(H,25,27)/t18-/m0/s1. The summed E-state index contributed by atoms with van der Waals surface area (Å²) in [5.41, 5.74) is 2.80. The number of amides is 1. The number of nitrogens with one attached hydrogen (secondary N) is 1. The first-order valence-corrected chi connectivity index (χ1v) is 8.31. The van der Waals surface area contributed by atoms with Crippen molar-refractivity contribution in [1.29, 1.82) is 0 Å². The van der Waals surface area contributed by atoms with Crippen molar-refractivity contribution >= 4 is 17.6 Å². The Labute approximate surface area is 157 Å². The molecule has 0 unspecified atom stereocenters. The fourth-order valence-corrected chi connectivity index (χ4v) is 2.91. The lowest BCUT2D eigenvalue weighted by Crippen LogP contribution is -2.35. The van der Waals surface area contributed by atoms with Crippen molar-refractivity contribution in [2.24, 2.45) is 10.7 Å². The highest BCUT2D eigenvalue weighted by molar-refractivity contribution is 6.02. The van der Waals surface area contributed by atoms with Gasteiger partial charge in [0.1, 0.15) is 17.3 Å². The van der Waals surface area contributed by atoms with Crippen LogP contribution in [0.5, 0.6) is 0 Å². The SMILES string of the molecule is NC1=N[C@@](c2cc(NC(=O)c3ccc(F)cn3)ccc2F)(C(F)F)CCCO1. The molecular weight excluding hydrogens is 380 g/mol. The molecule has 0 bridgehead atoms. The molecule has 0 radical (unpaired) electrons. The van der Waals surface area contributed by atoms with Crippen LogP contribution in [0.3, 0.4) is 0 Å². The van der Waals surface area contributed by atoms with Gasteiger partial charge in [0.2, 0.25) is 0 Å². The summed E-state index contributed by atoms with van der Waals surface area (Å²) < 4.78 is 60.3. The Morgan fingerprint density at radius 3 is 2.71 bits per heavy atom. The van der Waals surface area contributed by atoms with E-state index in [1.54, 1.807) is 0 Å². The molecule has 28 heavy (non-hydrogen) atoms. The van der Waals surface area contributed by atoms with E-state index in [0.717, 1.165) is 30.5 Å². The summed E-state index contributed by atoms with van der Waals surface area (Å²) in [7, 11) is 0. The number of hydrogen-bond donors (Lipinski definition) is 2. The summed E-state index contributed by atoms with van der Waals surface area (Å²) in [6, 6.07) is 4.98. The van der Waals surface area contributed by atoms with Gasteiger partial charge in [-0.1, -0.05) is 0 Å². The number of carbonyl (C=O) groups excluding carboxylic acids is 1. The van der Waals surface area contributed by atoms with E-state index in [2.05, 4.69) is 15.3 Å². The molecule has 0 saturated heterocycles. The zero-order valence-corrected chi connectivity index (χ0v) is 14.5. The van der Waals surface area contributed by atoms with Crippen LogP contribution in [-0.4, -0.2) is 29.9 Å². The third-order valence-electron chi connectivity index (χ3n) is 4.27. The molecule has 2 heterocycles. The summed E-state index contributed by atoms with van der Waals surface area (Å²) in [5, 5.41) is 2.42. The van der Waals surface area contributed by atoms with Crippen molar-refractivity contribution in [2.45, 2.75) is 24.8 Å². The van der Waals surface area contributed by atoms with Crippen LogP contribution in [0.4, 0.5) is 23.2 Å². The molecule has 2 aromatic rings. The number of rotatable bonds is 4.